The van der Waals surface area contributed by atoms with E-state index in [1.165, 1.54) is 12.1 Å². The molecule has 0 saturated heterocycles. The Morgan fingerprint density at radius 3 is 2.68 bits per heavy atom. The summed E-state index contributed by atoms with van der Waals surface area (Å²) in [5.41, 5.74) is 1.61. The fourth-order valence-electron chi connectivity index (χ4n) is 2.02. The molecule has 1 N–H and O–H groups in total. The normalized spacial score (nSPS) is 19.2. The number of benzene rings is 1. The van der Waals surface area contributed by atoms with E-state index in [0.29, 0.717) is 17.5 Å². The molecule has 1 aromatic rings. The van der Waals surface area contributed by atoms with Gasteiger partial charge in [-0.15, -0.1) is 0 Å². The van der Waals surface area contributed by atoms with Gasteiger partial charge in [-0.3, -0.25) is 0 Å². The first-order chi connectivity index (χ1) is 8.84. The molecule has 0 radical (unpaired) electrons. The van der Waals surface area contributed by atoms with Gasteiger partial charge >= 0.3 is 0 Å². The Labute approximate surface area is 116 Å². The van der Waals surface area contributed by atoms with Crippen molar-refractivity contribution in [2.45, 2.75) is 31.0 Å². The van der Waals surface area contributed by atoms with E-state index in [9.17, 15) is 13.5 Å². The van der Waals surface area contributed by atoms with Gasteiger partial charge in [0.1, 0.15) is 0 Å². The van der Waals surface area contributed by atoms with Gasteiger partial charge in [0.05, 0.1) is 22.2 Å². The van der Waals surface area contributed by atoms with Crippen LogP contribution in [0.2, 0.25) is 5.02 Å². The molecular formula is C12H14ClNO4S. The number of hydrogen-bond acceptors (Lipinski definition) is 5. The Hall–Kier alpha value is -1.11. The predicted molar refractivity (Wildman–Crippen MR) is 72.0 cm³/mol. The van der Waals surface area contributed by atoms with Gasteiger partial charge in [-0.2, -0.15) is 0 Å². The SMILES string of the molecule is CC1=NOC(c2c(S(C)(=O)=O)ccc(CO)c2Cl)C1. The summed E-state index contributed by atoms with van der Waals surface area (Å²) in [5.74, 6) is 0. The van der Waals surface area contributed by atoms with E-state index in [4.69, 9.17) is 16.4 Å². The highest BCUT2D eigenvalue weighted by atomic mass is 35.5. The maximum atomic E-state index is 11.8. The van der Waals surface area contributed by atoms with Crippen LogP contribution in [0.4, 0.5) is 0 Å². The fourth-order valence-corrected chi connectivity index (χ4v) is 3.37. The number of aliphatic hydroxyl groups excluding tert-OH is 1. The van der Waals surface area contributed by atoms with Crippen molar-refractivity contribution in [1.82, 2.24) is 0 Å². The van der Waals surface area contributed by atoms with Gasteiger partial charge in [-0.05, 0) is 18.6 Å². The van der Waals surface area contributed by atoms with E-state index in [2.05, 4.69) is 5.16 Å². The Morgan fingerprint density at radius 2 is 2.21 bits per heavy atom. The van der Waals surface area contributed by atoms with Crippen LogP contribution in [0.25, 0.3) is 0 Å². The van der Waals surface area contributed by atoms with Gasteiger partial charge in [-0.25, -0.2) is 8.42 Å². The molecule has 104 valence electrons. The summed E-state index contributed by atoms with van der Waals surface area (Å²) in [4.78, 5) is 5.34. The van der Waals surface area contributed by atoms with Crippen molar-refractivity contribution in [3.05, 3.63) is 28.3 Å². The summed E-state index contributed by atoms with van der Waals surface area (Å²) in [6.07, 6.45) is 1.07. The third-order valence-electron chi connectivity index (χ3n) is 2.93. The van der Waals surface area contributed by atoms with Crippen LogP contribution in [-0.4, -0.2) is 25.5 Å². The molecule has 0 saturated carbocycles. The summed E-state index contributed by atoms with van der Waals surface area (Å²) in [7, 11) is -3.43. The van der Waals surface area contributed by atoms with Gasteiger partial charge < -0.3 is 9.94 Å². The molecule has 0 bridgehead atoms. The molecule has 1 aliphatic heterocycles. The Bertz CT molecular complexity index is 639. The summed E-state index contributed by atoms with van der Waals surface area (Å²) in [6, 6.07) is 2.95. The van der Waals surface area contributed by atoms with Crippen molar-refractivity contribution in [3.8, 4) is 0 Å². The zero-order valence-electron chi connectivity index (χ0n) is 10.6. The maximum absolute atomic E-state index is 11.8. The topological polar surface area (TPSA) is 76.0 Å². The zero-order chi connectivity index (χ0) is 14.2. The molecule has 0 spiro atoms. The van der Waals surface area contributed by atoms with E-state index < -0.39 is 15.9 Å². The third kappa shape index (κ3) is 2.75. The number of hydrogen-bond donors (Lipinski definition) is 1. The molecule has 1 aliphatic rings. The second-order valence-electron chi connectivity index (χ2n) is 4.51. The average Bonchev–Trinajstić information content (AvgIpc) is 2.73. The third-order valence-corrected chi connectivity index (χ3v) is 4.53. The summed E-state index contributed by atoms with van der Waals surface area (Å²) >= 11 is 6.19. The molecule has 1 heterocycles. The minimum Gasteiger partial charge on any atom is -0.392 e. The summed E-state index contributed by atoms with van der Waals surface area (Å²) in [5, 5.41) is 13.3. The van der Waals surface area contributed by atoms with Crippen molar-refractivity contribution in [1.29, 1.82) is 0 Å². The molecule has 1 atom stereocenters. The second-order valence-corrected chi connectivity index (χ2v) is 6.87. The van der Waals surface area contributed by atoms with E-state index in [0.717, 1.165) is 12.0 Å². The number of sulfone groups is 1. The minimum absolute atomic E-state index is 0.115. The van der Waals surface area contributed by atoms with E-state index in [-0.39, 0.29) is 16.5 Å². The minimum atomic E-state index is -3.43. The van der Waals surface area contributed by atoms with Crippen LogP contribution < -0.4 is 0 Å². The van der Waals surface area contributed by atoms with Crippen LogP contribution in [-0.2, 0) is 21.3 Å². The zero-order valence-corrected chi connectivity index (χ0v) is 12.1. The van der Waals surface area contributed by atoms with Gasteiger partial charge in [0, 0.05) is 18.2 Å². The number of aliphatic hydroxyl groups is 1. The highest BCUT2D eigenvalue weighted by Gasteiger charge is 2.29. The first-order valence-corrected chi connectivity index (χ1v) is 7.93. The average molecular weight is 304 g/mol. The van der Waals surface area contributed by atoms with E-state index >= 15 is 0 Å². The van der Waals surface area contributed by atoms with Crippen LogP contribution in [0, 0.1) is 0 Å². The number of oxime groups is 1. The molecule has 7 heteroatoms. The Kier molecular flexibility index (Phi) is 3.85. The fraction of sp³-hybridized carbons (Fsp3) is 0.417. The second kappa shape index (κ2) is 5.11. The maximum Gasteiger partial charge on any atom is 0.175 e. The number of nitrogens with zero attached hydrogens (tertiary/aromatic N) is 1. The molecule has 2 rings (SSSR count). The Balaban J connectivity index is 2.61. The molecule has 0 aromatic heterocycles. The van der Waals surface area contributed by atoms with Crippen LogP contribution >= 0.6 is 11.6 Å². The number of rotatable bonds is 3. The molecule has 0 aliphatic carbocycles. The first kappa shape index (κ1) is 14.3. The molecule has 1 unspecified atom stereocenters. The molecular weight excluding hydrogens is 290 g/mol. The van der Waals surface area contributed by atoms with Gasteiger partial charge in [0.2, 0.25) is 0 Å². The largest absolute Gasteiger partial charge is 0.392 e. The summed E-state index contributed by atoms with van der Waals surface area (Å²) in [6.45, 7) is 1.53. The lowest BCUT2D eigenvalue weighted by atomic mass is 10.0. The van der Waals surface area contributed by atoms with Crippen LogP contribution in [0.1, 0.15) is 30.6 Å². The van der Waals surface area contributed by atoms with Crippen molar-refractivity contribution in [2.24, 2.45) is 5.16 Å². The molecule has 1 aromatic carbocycles. The molecule has 0 fully saturated rings. The van der Waals surface area contributed by atoms with Crippen LogP contribution in [0.3, 0.4) is 0 Å². The molecule has 5 nitrogen and oxygen atoms in total. The van der Waals surface area contributed by atoms with Gasteiger partial charge in [0.15, 0.2) is 15.9 Å². The lowest BCUT2D eigenvalue weighted by Gasteiger charge is -2.17. The van der Waals surface area contributed by atoms with Crippen molar-refractivity contribution < 1.29 is 18.4 Å². The van der Waals surface area contributed by atoms with E-state index in [1.54, 1.807) is 6.92 Å². The van der Waals surface area contributed by atoms with Crippen molar-refractivity contribution >= 4 is 27.1 Å². The standard InChI is InChI=1S/C12H14ClNO4S/c1-7-5-9(18-14-7)11-10(19(2,16)17)4-3-8(6-15)12(11)13/h3-4,9,15H,5-6H2,1-2H3. The van der Waals surface area contributed by atoms with Crippen LogP contribution in [0.15, 0.2) is 22.2 Å². The van der Waals surface area contributed by atoms with Crippen LogP contribution in [0.5, 0.6) is 0 Å². The quantitative estimate of drug-likeness (QED) is 0.927. The molecule has 19 heavy (non-hydrogen) atoms. The van der Waals surface area contributed by atoms with Crippen molar-refractivity contribution in [3.63, 3.8) is 0 Å². The van der Waals surface area contributed by atoms with Gasteiger partial charge in [-0.1, -0.05) is 22.8 Å². The highest BCUT2D eigenvalue weighted by molar-refractivity contribution is 7.90. The first-order valence-electron chi connectivity index (χ1n) is 5.66. The molecule has 0 amide bonds. The monoisotopic (exact) mass is 303 g/mol. The number of halogens is 1. The van der Waals surface area contributed by atoms with Gasteiger partial charge in [0.25, 0.3) is 0 Å². The lowest BCUT2D eigenvalue weighted by molar-refractivity contribution is 0.0836. The van der Waals surface area contributed by atoms with Crippen molar-refractivity contribution in [2.75, 3.05) is 6.26 Å². The Morgan fingerprint density at radius 1 is 1.53 bits per heavy atom. The van der Waals surface area contributed by atoms with E-state index in [1.807, 2.05) is 0 Å². The summed E-state index contributed by atoms with van der Waals surface area (Å²) < 4.78 is 23.7. The highest BCUT2D eigenvalue weighted by Crippen LogP contribution is 2.38. The predicted octanol–water partition coefficient (Wildman–Crippen LogP) is 2.07. The smallest absolute Gasteiger partial charge is 0.175 e. The lowest BCUT2D eigenvalue weighted by Crippen LogP contribution is -2.09.